The first-order chi connectivity index (χ1) is 11.5. The average Bonchev–Trinajstić information content (AvgIpc) is 2.44. The highest BCUT2D eigenvalue weighted by Gasteiger charge is 2.19. The Morgan fingerprint density at radius 3 is 2.60 bits per heavy atom. The number of nitrogens with two attached hydrogens (primary N) is 1. The van der Waals surface area contributed by atoms with E-state index in [4.69, 9.17) is 19.9 Å². The molecule has 136 valence electrons. The highest BCUT2D eigenvalue weighted by molar-refractivity contribution is 7.50. The van der Waals surface area contributed by atoms with Gasteiger partial charge in [0.15, 0.2) is 0 Å². The topological polar surface area (TPSA) is 143 Å². The minimum absolute atomic E-state index is 0.131. The van der Waals surface area contributed by atoms with Gasteiger partial charge in [-0.3, -0.25) is 9.36 Å². The molecule has 0 aliphatic carbocycles. The van der Waals surface area contributed by atoms with E-state index in [0.717, 1.165) is 6.07 Å². The molecule has 0 unspecified atom stereocenters. The number of amides is 1. The third-order valence-electron chi connectivity index (χ3n) is 3.54. The predicted octanol–water partition coefficient (Wildman–Crippen LogP) is 1.78. The van der Waals surface area contributed by atoms with Gasteiger partial charge in [-0.2, -0.15) is 0 Å². The van der Waals surface area contributed by atoms with E-state index < -0.39 is 25.4 Å². The van der Waals surface area contributed by atoms with Crippen LogP contribution < -0.4 is 16.7 Å². The van der Waals surface area contributed by atoms with Gasteiger partial charge in [-0.1, -0.05) is 13.8 Å². The molecule has 1 amide bonds. The first-order valence-electron chi connectivity index (χ1n) is 7.73. The number of carbonyl (C=O) groups is 1. The van der Waals surface area contributed by atoms with Gasteiger partial charge in [0.1, 0.15) is 5.58 Å². The lowest BCUT2D eigenvalue weighted by Crippen LogP contribution is -2.36. The van der Waals surface area contributed by atoms with Crippen molar-refractivity contribution in [1.29, 1.82) is 0 Å². The van der Waals surface area contributed by atoms with Crippen LogP contribution in [0.4, 0.5) is 5.69 Å². The Morgan fingerprint density at radius 1 is 1.32 bits per heavy atom. The van der Waals surface area contributed by atoms with Gasteiger partial charge in [0.05, 0.1) is 12.2 Å². The zero-order valence-electron chi connectivity index (χ0n) is 13.9. The summed E-state index contributed by atoms with van der Waals surface area (Å²) < 4.78 is 16.3. The molecule has 0 saturated heterocycles. The number of benzene rings is 1. The van der Waals surface area contributed by atoms with Crippen molar-refractivity contribution in [3.8, 4) is 0 Å². The van der Waals surface area contributed by atoms with E-state index in [-0.39, 0.29) is 23.0 Å². The largest absolute Gasteiger partial charge is 0.423 e. The van der Waals surface area contributed by atoms with Crippen LogP contribution in [0.3, 0.4) is 0 Å². The van der Waals surface area contributed by atoms with Gasteiger partial charge < -0.3 is 25.3 Å². The molecule has 2 aromatic rings. The Hall–Kier alpha value is -1.99. The highest BCUT2D eigenvalue weighted by atomic mass is 31.2. The van der Waals surface area contributed by atoms with Gasteiger partial charge >= 0.3 is 13.2 Å². The van der Waals surface area contributed by atoms with Crippen LogP contribution in [0.2, 0.25) is 0 Å². The summed E-state index contributed by atoms with van der Waals surface area (Å²) >= 11 is 0. The van der Waals surface area contributed by atoms with E-state index in [0.29, 0.717) is 17.5 Å². The third-order valence-corrected chi connectivity index (χ3v) is 4.29. The van der Waals surface area contributed by atoms with Crippen LogP contribution >= 0.6 is 7.60 Å². The molecule has 0 radical (unpaired) electrons. The summed E-state index contributed by atoms with van der Waals surface area (Å²) in [4.78, 5) is 42.0. The molecule has 25 heavy (non-hydrogen) atoms. The lowest BCUT2D eigenvalue weighted by Gasteiger charge is -2.14. The molecule has 1 aromatic carbocycles. The minimum atomic E-state index is -4.34. The van der Waals surface area contributed by atoms with Gasteiger partial charge in [-0.25, -0.2) is 4.79 Å². The molecule has 0 spiro atoms. The minimum Gasteiger partial charge on any atom is -0.423 e. The fraction of sp³-hybridized carbons (Fsp3) is 0.375. The van der Waals surface area contributed by atoms with Crippen molar-refractivity contribution in [2.45, 2.75) is 32.5 Å². The average molecular weight is 368 g/mol. The van der Waals surface area contributed by atoms with Gasteiger partial charge in [-0.15, -0.1) is 0 Å². The molecule has 9 heteroatoms. The monoisotopic (exact) mass is 368 g/mol. The number of rotatable bonds is 6. The summed E-state index contributed by atoms with van der Waals surface area (Å²) in [5.74, 6) is -0.0904. The SMILES string of the molecule is CC(C)C[C@H](N)C(=O)Nc1ccc2c(CP(=O)(O)O)cc(=O)oc2c1. The van der Waals surface area contributed by atoms with Crippen molar-refractivity contribution in [2.24, 2.45) is 11.7 Å². The van der Waals surface area contributed by atoms with Crippen LogP contribution in [-0.4, -0.2) is 21.7 Å². The van der Waals surface area contributed by atoms with Crippen molar-refractivity contribution >= 4 is 30.2 Å². The molecule has 5 N–H and O–H groups in total. The zero-order valence-corrected chi connectivity index (χ0v) is 14.8. The number of nitrogens with one attached hydrogen (secondary N) is 1. The standard InChI is InChI=1S/C16H21N2O6P/c1-9(2)5-13(17)16(20)18-11-3-4-12-10(8-25(21,22)23)6-15(19)24-14(12)7-11/h3-4,6-7,9,13H,5,8,17H2,1-2H3,(H,18,20)(H2,21,22,23)/t13-/m0/s1. The smallest absolute Gasteiger partial charge is 0.336 e. The van der Waals surface area contributed by atoms with Gasteiger partial charge in [0.2, 0.25) is 5.91 Å². The lowest BCUT2D eigenvalue weighted by atomic mass is 10.0. The quantitative estimate of drug-likeness (QED) is 0.449. The molecular weight excluding hydrogens is 347 g/mol. The third kappa shape index (κ3) is 5.51. The molecular formula is C16H21N2O6P. The van der Waals surface area contributed by atoms with E-state index in [1.54, 1.807) is 6.07 Å². The predicted molar refractivity (Wildman–Crippen MR) is 94.3 cm³/mol. The summed E-state index contributed by atoms with van der Waals surface area (Å²) in [5, 5.41) is 3.04. The number of anilines is 1. The van der Waals surface area contributed by atoms with E-state index in [1.807, 2.05) is 13.8 Å². The summed E-state index contributed by atoms with van der Waals surface area (Å²) in [6.07, 6.45) is -0.0407. The van der Waals surface area contributed by atoms with E-state index in [1.165, 1.54) is 12.1 Å². The number of carbonyl (C=O) groups excluding carboxylic acids is 1. The maximum absolute atomic E-state index is 12.1. The Bertz CT molecular complexity index is 886. The van der Waals surface area contributed by atoms with Gasteiger partial charge in [-0.05, 0) is 30.0 Å². The molecule has 8 nitrogen and oxygen atoms in total. The van der Waals surface area contributed by atoms with Crippen molar-refractivity contribution < 1.29 is 23.6 Å². The Kier molecular flexibility index (Phi) is 5.80. The Balaban J connectivity index is 2.32. The lowest BCUT2D eigenvalue weighted by molar-refractivity contribution is -0.117. The van der Waals surface area contributed by atoms with Gasteiger partial charge in [0, 0.05) is 23.2 Å². The number of hydrogen-bond acceptors (Lipinski definition) is 5. The molecule has 0 aliphatic heterocycles. The second kappa shape index (κ2) is 7.49. The molecule has 2 rings (SSSR count). The Morgan fingerprint density at radius 2 is 2.00 bits per heavy atom. The second-order valence-electron chi connectivity index (χ2n) is 6.35. The maximum atomic E-state index is 12.1. The Labute approximate surface area is 144 Å². The van der Waals surface area contributed by atoms with Crippen molar-refractivity contribution in [3.05, 3.63) is 40.2 Å². The first kappa shape index (κ1) is 19.3. The highest BCUT2D eigenvalue weighted by Crippen LogP contribution is 2.40. The van der Waals surface area contributed by atoms with Crippen LogP contribution in [-0.2, 0) is 15.5 Å². The summed E-state index contributed by atoms with van der Waals surface area (Å²) in [7, 11) is -4.34. The molecule has 1 heterocycles. The number of fused-ring (bicyclic) bond motifs is 1. The van der Waals surface area contributed by atoms with E-state index in [9.17, 15) is 14.2 Å². The molecule has 1 atom stereocenters. The van der Waals surface area contributed by atoms with Crippen LogP contribution in [0.5, 0.6) is 0 Å². The van der Waals surface area contributed by atoms with Crippen LogP contribution in [0.25, 0.3) is 11.0 Å². The summed E-state index contributed by atoms with van der Waals surface area (Å²) in [6, 6.07) is 4.92. The molecule has 1 aromatic heterocycles. The van der Waals surface area contributed by atoms with Crippen molar-refractivity contribution in [3.63, 3.8) is 0 Å². The first-order valence-corrected chi connectivity index (χ1v) is 9.53. The van der Waals surface area contributed by atoms with Crippen LogP contribution in [0, 0.1) is 5.92 Å². The molecule has 0 saturated carbocycles. The van der Waals surface area contributed by atoms with E-state index in [2.05, 4.69) is 5.32 Å². The maximum Gasteiger partial charge on any atom is 0.336 e. The summed E-state index contributed by atoms with van der Waals surface area (Å²) in [5.41, 5.74) is 5.80. The fourth-order valence-electron chi connectivity index (χ4n) is 2.51. The molecule has 0 aliphatic rings. The van der Waals surface area contributed by atoms with E-state index >= 15 is 0 Å². The van der Waals surface area contributed by atoms with Crippen molar-refractivity contribution in [1.82, 2.24) is 0 Å². The van der Waals surface area contributed by atoms with Crippen LogP contribution in [0.15, 0.2) is 33.5 Å². The normalized spacial score (nSPS) is 13.2. The summed E-state index contributed by atoms with van der Waals surface area (Å²) in [6.45, 7) is 3.92. The zero-order chi connectivity index (χ0) is 18.8. The van der Waals surface area contributed by atoms with Gasteiger partial charge in [0.25, 0.3) is 0 Å². The van der Waals surface area contributed by atoms with Crippen molar-refractivity contribution in [2.75, 3.05) is 5.32 Å². The molecule has 0 bridgehead atoms. The molecule has 0 fully saturated rings. The second-order valence-corrected chi connectivity index (χ2v) is 8.00. The number of hydrogen-bond donors (Lipinski definition) is 4. The van der Waals surface area contributed by atoms with Crippen LogP contribution in [0.1, 0.15) is 25.8 Å². The fourth-order valence-corrected chi connectivity index (χ4v) is 3.22.